The highest BCUT2D eigenvalue weighted by Crippen LogP contribution is 2.39. The van der Waals surface area contributed by atoms with Crippen molar-refractivity contribution in [2.24, 2.45) is 0 Å². The van der Waals surface area contributed by atoms with E-state index >= 15 is 0 Å². The standard InChI is InChI=1S/C18H10Cl2F3NS/c1-10(16-8-11-3-2-4-24-17(11)25-16)5-15(18(21,22)23)12-6-13(19)9-14(20)7-12/h2-9H,1H2/b15-5-. The van der Waals surface area contributed by atoms with Gasteiger partial charge in [0.15, 0.2) is 0 Å². The van der Waals surface area contributed by atoms with Gasteiger partial charge >= 0.3 is 6.18 Å². The van der Waals surface area contributed by atoms with Crippen LogP contribution >= 0.6 is 34.5 Å². The summed E-state index contributed by atoms with van der Waals surface area (Å²) in [6.45, 7) is 3.78. The highest BCUT2D eigenvalue weighted by molar-refractivity contribution is 7.19. The second-order valence-corrected chi connectivity index (χ2v) is 7.15. The second-order valence-electron chi connectivity index (χ2n) is 5.25. The summed E-state index contributed by atoms with van der Waals surface area (Å²) < 4.78 is 40.6. The lowest BCUT2D eigenvalue weighted by Gasteiger charge is -2.13. The van der Waals surface area contributed by atoms with E-state index < -0.39 is 11.7 Å². The van der Waals surface area contributed by atoms with E-state index in [0.717, 1.165) is 16.3 Å². The lowest BCUT2D eigenvalue weighted by molar-refractivity contribution is -0.0688. The second kappa shape index (κ2) is 6.83. The number of aromatic nitrogens is 1. The van der Waals surface area contributed by atoms with Gasteiger partial charge in [0.2, 0.25) is 0 Å². The largest absolute Gasteiger partial charge is 0.417 e. The van der Waals surface area contributed by atoms with E-state index in [-0.39, 0.29) is 21.2 Å². The quantitative estimate of drug-likeness (QED) is 0.422. The van der Waals surface area contributed by atoms with Gasteiger partial charge in [-0.25, -0.2) is 4.98 Å². The number of hydrogen-bond donors (Lipinski definition) is 0. The van der Waals surface area contributed by atoms with Gasteiger partial charge in [-0.1, -0.05) is 35.8 Å². The van der Waals surface area contributed by atoms with Crippen molar-refractivity contribution in [3.63, 3.8) is 0 Å². The lowest BCUT2D eigenvalue weighted by Crippen LogP contribution is -2.11. The summed E-state index contributed by atoms with van der Waals surface area (Å²) in [6.07, 6.45) is -1.94. The van der Waals surface area contributed by atoms with Crippen LogP contribution in [0.15, 0.2) is 55.3 Å². The molecule has 0 amide bonds. The van der Waals surface area contributed by atoms with Crippen LogP contribution in [0, 0.1) is 0 Å². The Labute approximate surface area is 156 Å². The minimum atomic E-state index is -4.58. The number of thiophene rings is 1. The third-order valence-electron chi connectivity index (χ3n) is 3.41. The summed E-state index contributed by atoms with van der Waals surface area (Å²) in [5, 5.41) is 1.13. The zero-order valence-corrected chi connectivity index (χ0v) is 14.9. The third-order valence-corrected chi connectivity index (χ3v) is 4.98. The van der Waals surface area contributed by atoms with E-state index in [9.17, 15) is 13.2 Å². The molecule has 0 aliphatic heterocycles. The van der Waals surface area contributed by atoms with Crippen LogP contribution in [-0.4, -0.2) is 11.2 Å². The van der Waals surface area contributed by atoms with E-state index in [0.29, 0.717) is 4.88 Å². The van der Waals surface area contributed by atoms with E-state index in [1.54, 1.807) is 18.3 Å². The monoisotopic (exact) mass is 399 g/mol. The van der Waals surface area contributed by atoms with Crippen LogP contribution < -0.4 is 0 Å². The molecule has 1 nitrogen and oxygen atoms in total. The predicted octanol–water partition coefficient (Wildman–Crippen LogP) is 7.26. The minimum Gasteiger partial charge on any atom is -0.245 e. The fourth-order valence-corrected chi connectivity index (χ4v) is 3.78. The minimum absolute atomic E-state index is 0.106. The van der Waals surface area contributed by atoms with Gasteiger partial charge in [0.1, 0.15) is 4.83 Å². The van der Waals surface area contributed by atoms with Crippen molar-refractivity contribution < 1.29 is 13.2 Å². The molecule has 1 aromatic carbocycles. The van der Waals surface area contributed by atoms with Crippen LogP contribution in [0.25, 0.3) is 21.4 Å². The smallest absolute Gasteiger partial charge is 0.245 e. The Morgan fingerprint density at radius 2 is 1.80 bits per heavy atom. The summed E-state index contributed by atoms with van der Waals surface area (Å²) in [5.74, 6) is 0. The molecule has 0 saturated carbocycles. The fourth-order valence-electron chi connectivity index (χ4n) is 2.32. The van der Waals surface area contributed by atoms with Gasteiger partial charge in [0, 0.05) is 26.5 Å². The molecule has 0 saturated heterocycles. The predicted molar refractivity (Wildman–Crippen MR) is 99.1 cm³/mol. The number of pyridine rings is 1. The molecule has 2 aromatic heterocycles. The van der Waals surface area contributed by atoms with Crippen LogP contribution in [-0.2, 0) is 0 Å². The van der Waals surface area contributed by atoms with E-state index in [4.69, 9.17) is 23.2 Å². The molecule has 3 rings (SSSR count). The first-order valence-corrected chi connectivity index (χ1v) is 8.60. The van der Waals surface area contributed by atoms with Gasteiger partial charge in [0.05, 0.1) is 5.57 Å². The molecule has 0 spiro atoms. The number of fused-ring (bicyclic) bond motifs is 1. The number of alkyl halides is 3. The molecule has 0 atom stereocenters. The van der Waals surface area contributed by atoms with Crippen LogP contribution in [0.2, 0.25) is 10.0 Å². The van der Waals surface area contributed by atoms with Crippen LogP contribution in [0.1, 0.15) is 10.4 Å². The number of hydrogen-bond acceptors (Lipinski definition) is 2. The highest BCUT2D eigenvalue weighted by atomic mass is 35.5. The molecule has 0 bridgehead atoms. The Bertz CT molecular complexity index is 936. The van der Waals surface area contributed by atoms with Crippen molar-refractivity contribution in [1.82, 2.24) is 4.98 Å². The molecule has 3 aromatic rings. The molecule has 0 aliphatic carbocycles. The van der Waals surface area contributed by atoms with Crippen molar-refractivity contribution in [2.75, 3.05) is 0 Å². The number of allylic oxidation sites excluding steroid dienone is 3. The van der Waals surface area contributed by atoms with Gasteiger partial charge in [-0.2, -0.15) is 13.2 Å². The maximum Gasteiger partial charge on any atom is 0.417 e. The highest BCUT2D eigenvalue weighted by Gasteiger charge is 2.35. The van der Waals surface area contributed by atoms with E-state index in [1.807, 2.05) is 6.07 Å². The molecule has 0 radical (unpaired) electrons. The number of benzene rings is 1. The van der Waals surface area contributed by atoms with Crippen molar-refractivity contribution >= 4 is 55.9 Å². The van der Waals surface area contributed by atoms with Crippen molar-refractivity contribution in [1.29, 1.82) is 0 Å². The van der Waals surface area contributed by atoms with Gasteiger partial charge < -0.3 is 0 Å². The average Bonchev–Trinajstić information content (AvgIpc) is 2.94. The normalized spacial score (nSPS) is 12.6. The SMILES string of the molecule is C=C(/C=C(/c1cc(Cl)cc(Cl)c1)C(F)(F)F)c1cc2cccnc2s1. The first-order chi connectivity index (χ1) is 11.7. The van der Waals surface area contributed by atoms with Crippen molar-refractivity contribution in [2.45, 2.75) is 6.18 Å². The molecule has 128 valence electrons. The molecule has 25 heavy (non-hydrogen) atoms. The maximum absolute atomic E-state index is 13.5. The molecule has 7 heteroatoms. The van der Waals surface area contributed by atoms with E-state index in [2.05, 4.69) is 11.6 Å². The van der Waals surface area contributed by atoms with Gasteiger partial charge in [0.25, 0.3) is 0 Å². The van der Waals surface area contributed by atoms with Gasteiger partial charge in [-0.05, 0) is 47.5 Å². The summed E-state index contributed by atoms with van der Waals surface area (Å²) in [5.41, 5.74) is -0.718. The van der Waals surface area contributed by atoms with Crippen LogP contribution in [0.4, 0.5) is 13.2 Å². The van der Waals surface area contributed by atoms with Crippen molar-refractivity contribution in [3.05, 3.63) is 75.7 Å². The Morgan fingerprint density at radius 1 is 1.12 bits per heavy atom. The summed E-state index contributed by atoms with van der Waals surface area (Å²) >= 11 is 13.0. The molecule has 0 unspecified atom stereocenters. The molecule has 0 N–H and O–H groups in total. The number of halogens is 5. The zero-order chi connectivity index (χ0) is 18.2. The Kier molecular flexibility index (Phi) is 4.91. The number of nitrogens with zero attached hydrogens (tertiary/aromatic N) is 1. The molecular weight excluding hydrogens is 390 g/mol. The van der Waals surface area contributed by atoms with Gasteiger partial charge in [-0.15, -0.1) is 11.3 Å². The first kappa shape index (κ1) is 18.0. The molecule has 2 heterocycles. The summed E-state index contributed by atoms with van der Waals surface area (Å²) in [7, 11) is 0. The molecule has 0 aliphatic rings. The van der Waals surface area contributed by atoms with Gasteiger partial charge in [-0.3, -0.25) is 0 Å². The first-order valence-electron chi connectivity index (χ1n) is 7.03. The fraction of sp³-hybridized carbons (Fsp3) is 0.0556. The van der Waals surface area contributed by atoms with Crippen LogP contribution in [0.5, 0.6) is 0 Å². The summed E-state index contributed by atoms with van der Waals surface area (Å²) in [6, 6.07) is 9.23. The summed E-state index contributed by atoms with van der Waals surface area (Å²) in [4.78, 5) is 5.55. The Balaban J connectivity index is 2.07. The zero-order valence-electron chi connectivity index (χ0n) is 12.6. The average molecular weight is 400 g/mol. The molecular formula is C18H10Cl2F3NS. The van der Waals surface area contributed by atoms with Crippen molar-refractivity contribution in [3.8, 4) is 0 Å². The topological polar surface area (TPSA) is 12.9 Å². The maximum atomic E-state index is 13.5. The number of rotatable bonds is 3. The Morgan fingerprint density at radius 3 is 2.40 bits per heavy atom. The third kappa shape index (κ3) is 4.06. The molecule has 0 fully saturated rings. The van der Waals surface area contributed by atoms with E-state index in [1.165, 1.54) is 29.5 Å². The lowest BCUT2D eigenvalue weighted by atomic mass is 10.0. The Hall–Kier alpha value is -1.82. The van der Waals surface area contributed by atoms with Crippen LogP contribution in [0.3, 0.4) is 0 Å².